The molecule has 1 unspecified atom stereocenters. The maximum atomic E-state index is 11.7. The highest BCUT2D eigenvalue weighted by Crippen LogP contribution is 2.27. The minimum Gasteiger partial charge on any atom is -0.354 e. The maximum absolute atomic E-state index is 11.7. The van der Waals surface area contributed by atoms with Crippen molar-refractivity contribution < 1.29 is 4.79 Å². The number of amides is 1. The number of likely N-dealkylation sites (N-methyl/N-ethyl adjacent to an activating group) is 1. The van der Waals surface area contributed by atoms with E-state index in [0.29, 0.717) is 6.54 Å². The summed E-state index contributed by atoms with van der Waals surface area (Å²) in [5, 5.41) is 6.04. The lowest BCUT2D eigenvalue weighted by atomic mass is 10.1. The molecule has 0 spiro atoms. The van der Waals surface area contributed by atoms with Crippen LogP contribution in [0.25, 0.3) is 0 Å². The number of carbonyl (C=O) groups excluding carboxylic acids is 1. The molecule has 0 aliphatic carbocycles. The predicted octanol–water partition coefficient (Wildman–Crippen LogP) is 2.23. The van der Waals surface area contributed by atoms with Crippen LogP contribution in [0.3, 0.4) is 0 Å². The number of halogens is 1. The largest absolute Gasteiger partial charge is 0.354 e. The lowest BCUT2D eigenvalue weighted by Gasteiger charge is -2.10. The van der Waals surface area contributed by atoms with Gasteiger partial charge in [0, 0.05) is 18.0 Å². The first-order valence-corrected chi connectivity index (χ1v) is 6.58. The van der Waals surface area contributed by atoms with Gasteiger partial charge in [0.05, 0.1) is 10.3 Å². The van der Waals surface area contributed by atoms with E-state index in [1.54, 1.807) is 0 Å². The SMILES string of the molecule is CCNCCNC(=O)C(C)c1ccc(Cl)s1. The van der Waals surface area contributed by atoms with Crippen molar-refractivity contribution in [3.05, 3.63) is 21.3 Å². The van der Waals surface area contributed by atoms with Gasteiger partial charge in [-0.3, -0.25) is 4.79 Å². The Bertz CT molecular complexity index is 340. The molecule has 0 aromatic carbocycles. The van der Waals surface area contributed by atoms with Crippen molar-refractivity contribution in [2.24, 2.45) is 0 Å². The Morgan fingerprint density at radius 2 is 2.25 bits per heavy atom. The van der Waals surface area contributed by atoms with Gasteiger partial charge in [0.2, 0.25) is 5.91 Å². The molecular formula is C11H17ClN2OS. The van der Waals surface area contributed by atoms with E-state index < -0.39 is 0 Å². The van der Waals surface area contributed by atoms with Gasteiger partial charge >= 0.3 is 0 Å². The molecule has 0 saturated heterocycles. The number of thiophene rings is 1. The molecule has 1 heterocycles. The third-order valence-corrected chi connectivity index (χ3v) is 3.68. The molecule has 0 saturated carbocycles. The molecule has 1 aromatic rings. The lowest BCUT2D eigenvalue weighted by Crippen LogP contribution is -2.34. The highest BCUT2D eigenvalue weighted by atomic mass is 35.5. The molecule has 0 fully saturated rings. The average Bonchev–Trinajstić information content (AvgIpc) is 2.70. The molecule has 90 valence electrons. The van der Waals surface area contributed by atoms with Crippen LogP contribution >= 0.6 is 22.9 Å². The second-order valence-corrected chi connectivity index (χ2v) is 5.25. The van der Waals surface area contributed by atoms with Gasteiger partial charge in [-0.15, -0.1) is 11.3 Å². The van der Waals surface area contributed by atoms with Gasteiger partial charge in [-0.2, -0.15) is 0 Å². The average molecular weight is 261 g/mol. The van der Waals surface area contributed by atoms with Crippen LogP contribution in [-0.2, 0) is 4.79 Å². The first-order valence-electron chi connectivity index (χ1n) is 5.38. The lowest BCUT2D eigenvalue weighted by molar-refractivity contribution is -0.122. The normalized spacial score (nSPS) is 12.4. The van der Waals surface area contributed by atoms with Crippen molar-refractivity contribution in [3.63, 3.8) is 0 Å². The maximum Gasteiger partial charge on any atom is 0.228 e. The molecular weight excluding hydrogens is 244 g/mol. The zero-order valence-electron chi connectivity index (χ0n) is 9.55. The van der Waals surface area contributed by atoms with E-state index in [9.17, 15) is 4.79 Å². The second-order valence-electron chi connectivity index (χ2n) is 3.51. The predicted molar refractivity (Wildman–Crippen MR) is 69.3 cm³/mol. The molecule has 1 rings (SSSR count). The Morgan fingerprint density at radius 1 is 1.50 bits per heavy atom. The zero-order valence-corrected chi connectivity index (χ0v) is 11.1. The fourth-order valence-corrected chi connectivity index (χ4v) is 2.41. The first-order chi connectivity index (χ1) is 7.65. The summed E-state index contributed by atoms with van der Waals surface area (Å²) in [6.07, 6.45) is 0. The number of carbonyl (C=O) groups is 1. The number of hydrogen-bond donors (Lipinski definition) is 2. The summed E-state index contributed by atoms with van der Waals surface area (Å²) in [5.74, 6) is -0.0736. The quantitative estimate of drug-likeness (QED) is 0.771. The molecule has 16 heavy (non-hydrogen) atoms. The van der Waals surface area contributed by atoms with Crippen molar-refractivity contribution in [1.82, 2.24) is 10.6 Å². The summed E-state index contributed by atoms with van der Waals surface area (Å²) in [6, 6.07) is 3.73. The van der Waals surface area contributed by atoms with Crippen LogP contribution in [-0.4, -0.2) is 25.5 Å². The number of nitrogens with one attached hydrogen (secondary N) is 2. The molecule has 0 radical (unpaired) electrons. The van der Waals surface area contributed by atoms with Crippen molar-refractivity contribution >= 4 is 28.8 Å². The van der Waals surface area contributed by atoms with E-state index >= 15 is 0 Å². The monoisotopic (exact) mass is 260 g/mol. The third kappa shape index (κ3) is 4.12. The molecule has 0 aliphatic rings. The van der Waals surface area contributed by atoms with Crippen LogP contribution in [0.5, 0.6) is 0 Å². The second kappa shape index (κ2) is 6.89. The molecule has 1 atom stereocenters. The van der Waals surface area contributed by atoms with Crippen molar-refractivity contribution in [3.8, 4) is 0 Å². The molecule has 3 nitrogen and oxygen atoms in total. The molecule has 0 bridgehead atoms. The smallest absolute Gasteiger partial charge is 0.228 e. The van der Waals surface area contributed by atoms with Gasteiger partial charge < -0.3 is 10.6 Å². The van der Waals surface area contributed by atoms with Gasteiger partial charge in [-0.1, -0.05) is 18.5 Å². The highest BCUT2D eigenvalue weighted by Gasteiger charge is 2.16. The van der Waals surface area contributed by atoms with Gasteiger partial charge in [-0.25, -0.2) is 0 Å². The Labute approximate surface area is 105 Å². The fourth-order valence-electron chi connectivity index (χ4n) is 1.29. The summed E-state index contributed by atoms with van der Waals surface area (Å²) < 4.78 is 0.724. The van der Waals surface area contributed by atoms with E-state index in [2.05, 4.69) is 10.6 Å². The Hall–Kier alpha value is -0.580. The first kappa shape index (κ1) is 13.5. The topological polar surface area (TPSA) is 41.1 Å². The van der Waals surface area contributed by atoms with Crippen LogP contribution < -0.4 is 10.6 Å². The van der Waals surface area contributed by atoms with Gasteiger partial charge in [0.1, 0.15) is 0 Å². The summed E-state index contributed by atoms with van der Waals surface area (Å²) in [7, 11) is 0. The van der Waals surface area contributed by atoms with Crippen LogP contribution in [0.4, 0.5) is 0 Å². The molecule has 1 amide bonds. The number of hydrogen-bond acceptors (Lipinski definition) is 3. The van der Waals surface area contributed by atoms with Gasteiger partial charge in [-0.05, 0) is 25.6 Å². The summed E-state index contributed by atoms with van der Waals surface area (Å²) >= 11 is 7.29. The minimum atomic E-state index is -0.126. The van der Waals surface area contributed by atoms with Crippen LogP contribution in [0, 0.1) is 0 Å². The van der Waals surface area contributed by atoms with E-state index in [1.165, 1.54) is 11.3 Å². The standard InChI is InChI=1S/C11H17ClN2OS/c1-3-13-6-7-14-11(15)8(2)9-4-5-10(12)16-9/h4-5,8,13H,3,6-7H2,1-2H3,(H,14,15). The van der Waals surface area contributed by atoms with Gasteiger partial charge in [0.25, 0.3) is 0 Å². The molecule has 1 aromatic heterocycles. The van der Waals surface area contributed by atoms with Crippen LogP contribution in [0.2, 0.25) is 4.34 Å². The van der Waals surface area contributed by atoms with Crippen molar-refractivity contribution in [2.45, 2.75) is 19.8 Å². The van der Waals surface area contributed by atoms with Crippen LogP contribution in [0.1, 0.15) is 24.6 Å². The van der Waals surface area contributed by atoms with E-state index in [4.69, 9.17) is 11.6 Å². The molecule has 0 aliphatic heterocycles. The van der Waals surface area contributed by atoms with Crippen molar-refractivity contribution in [1.29, 1.82) is 0 Å². The third-order valence-electron chi connectivity index (χ3n) is 2.27. The van der Waals surface area contributed by atoms with E-state index in [-0.39, 0.29) is 11.8 Å². The van der Waals surface area contributed by atoms with Gasteiger partial charge in [0.15, 0.2) is 0 Å². The summed E-state index contributed by atoms with van der Waals surface area (Å²) in [5.41, 5.74) is 0. The number of rotatable bonds is 6. The molecule has 2 N–H and O–H groups in total. The Morgan fingerprint density at radius 3 is 2.81 bits per heavy atom. The minimum absolute atomic E-state index is 0.0522. The fraction of sp³-hybridized carbons (Fsp3) is 0.545. The summed E-state index contributed by atoms with van der Waals surface area (Å²) in [6.45, 7) is 6.32. The molecule has 5 heteroatoms. The summed E-state index contributed by atoms with van der Waals surface area (Å²) in [4.78, 5) is 12.7. The van der Waals surface area contributed by atoms with Crippen molar-refractivity contribution in [2.75, 3.05) is 19.6 Å². The van der Waals surface area contributed by atoms with E-state index in [0.717, 1.165) is 22.3 Å². The zero-order chi connectivity index (χ0) is 12.0. The van der Waals surface area contributed by atoms with E-state index in [1.807, 2.05) is 26.0 Å². The van der Waals surface area contributed by atoms with Crippen LogP contribution in [0.15, 0.2) is 12.1 Å². The Balaban J connectivity index is 2.36. The Kier molecular flexibility index (Phi) is 5.80. The highest BCUT2D eigenvalue weighted by molar-refractivity contribution is 7.16.